The van der Waals surface area contributed by atoms with Crippen LogP contribution < -0.4 is 0 Å². The summed E-state index contributed by atoms with van der Waals surface area (Å²) in [6.45, 7) is 6.49. The van der Waals surface area contributed by atoms with Gasteiger partial charge in [-0.15, -0.1) is 0 Å². The minimum atomic E-state index is 0.162. The fourth-order valence-electron chi connectivity index (χ4n) is 2.79. The summed E-state index contributed by atoms with van der Waals surface area (Å²) in [6, 6.07) is 14.3. The van der Waals surface area contributed by atoms with Gasteiger partial charge in [0.05, 0.1) is 6.54 Å². The lowest BCUT2D eigenvalue weighted by molar-refractivity contribution is 0.0973. The first-order valence-corrected chi connectivity index (χ1v) is 7.21. The van der Waals surface area contributed by atoms with Gasteiger partial charge in [-0.25, -0.2) is 0 Å². The molecule has 3 aromatic rings. The predicted molar refractivity (Wildman–Crippen MR) is 86.9 cm³/mol. The van der Waals surface area contributed by atoms with E-state index in [4.69, 9.17) is 0 Å². The summed E-state index contributed by atoms with van der Waals surface area (Å²) in [5, 5.41) is 1.21. The molecule has 1 aromatic heterocycles. The van der Waals surface area contributed by atoms with Crippen LogP contribution >= 0.6 is 0 Å². The molecule has 0 saturated carbocycles. The standard InChI is InChI=1S/C19H19NO/c1-13-7-8-15(3)17(11-13)19(21)12-20-10-9-16-14(2)5-4-6-18(16)20/h4-11H,12H2,1-3H3. The van der Waals surface area contributed by atoms with Crippen molar-refractivity contribution in [2.24, 2.45) is 0 Å². The Labute approximate surface area is 125 Å². The smallest absolute Gasteiger partial charge is 0.182 e. The van der Waals surface area contributed by atoms with Gasteiger partial charge in [0.25, 0.3) is 0 Å². The van der Waals surface area contributed by atoms with Crippen molar-refractivity contribution in [2.45, 2.75) is 27.3 Å². The number of aromatic nitrogens is 1. The Morgan fingerprint density at radius 1 is 1.00 bits per heavy atom. The van der Waals surface area contributed by atoms with Crippen LogP contribution in [0.3, 0.4) is 0 Å². The molecule has 0 aliphatic carbocycles. The molecule has 0 aliphatic rings. The van der Waals surface area contributed by atoms with Crippen molar-refractivity contribution in [1.82, 2.24) is 4.57 Å². The Morgan fingerprint density at radius 2 is 1.81 bits per heavy atom. The molecule has 0 unspecified atom stereocenters. The lowest BCUT2D eigenvalue weighted by atomic mass is 10.0. The molecular weight excluding hydrogens is 258 g/mol. The molecule has 106 valence electrons. The van der Waals surface area contributed by atoms with Gasteiger partial charge in [-0.1, -0.05) is 29.8 Å². The van der Waals surface area contributed by atoms with Gasteiger partial charge in [0, 0.05) is 22.7 Å². The fourth-order valence-corrected chi connectivity index (χ4v) is 2.79. The fraction of sp³-hybridized carbons (Fsp3) is 0.211. The largest absolute Gasteiger partial charge is 0.340 e. The van der Waals surface area contributed by atoms with Crippen molar-refractivity contribution in [1.29, 1.82) is 0 Å². The molecule has 0 radical (unpaired) electrons. The Morgan fingerprint density at radius 3 is 2.62 bits per heavy atom. The quantitative estimate of drug-likeness (QED) is 0.648. The highest BCUT2D eigenvalue weighted by Crippen LogP contribution is 2.20. The van der Waals surface area contributed by atoms with Gasteiger partial charge in [-0.05, 0) is 50.1 Å². The minimum absolute atomic E-state index is 0.162. The number of hydrogen-bond donors (Lipinski definition) is 0. The zero-order valence-electron chi connectivity index (χ0n) is 12.7. The van der Waals surface area contributed by atoms with E-state index in [1.165, 1.54) is 10.9 Å². The molecule has 2 heteroatoms. The molecule has 0 N–H and O–H groups in total. The second-order valence-electron chi connectivity index (χ2n) is 5.69. The molecule has 21 heavy (non-hydrogen) atoms. The molecular formula is C19H19NO. The number of carbonyl (C=O) groups is 1. The second-order valence-corrected chi connectivity index (χ2v) is 5.69. The summed E-state index contributed by atoms with van der Waals surface area (Å²) in [5.41, 5.74) is 5.35. The van der Waals surface area contributed by atoms with Crippen LogP contribution in [0.4, 0.5) is 0 Å². The first-order chi connectivity index (χ1) is 10.1. The third-order valence-corrected chi connectivity index (χ3v) is 4.04. The second kappa shape index (κ2) is 5.21. The van der Waals surface area contributed by atoms with Crippen LogP contribution in [0.1, 0.15) is 27.0 Å². The molecule has 0 spiro atoms. The number of hydrogen-bond acceptors (Lipinski definition) is 1. The van der Waals surface area contributed by atoms with Crippen LogP contribution in [0.15, 0.2) is 48.7 Å². The Bertz CT molecular complexity index is 827. The van der Waals surface area contributed by atoms with E-state index in [1.807, 2.05) is 48.9 Å². The molecule has 2 nitrogen and oxygen atoms in total. The molecule has 0 saturated heterocycles. The van der Waals surface area contributed by atoms with Crippen LogP contribution in [0.25, 0.3) is 10.9 Å². The van der Waals surface area contributed by atoms with Gasteiger partial charge in [0.1, 0.15) is 0 Å². The molecule has 0 aliphatic heterocycles. The van der Waals surface area contributed by atoms with Crippen LogP contribution in [0, 0.1) is 20.8 Å². The summed E-state index contributed by atoms with van der Waals surface area (Å²) in [4.78, 5) is 12.6. The maximum absolute atomic E-state index is 12.6. The summed E-state index contributed by atoms with van der Waals surface area (Å²) >= 11 is 0. The number of benzene rings is 2. The monoisotopic (exact) mass is 277 g/mol. The van der Waals surface area contributed by atoms with E-state index < -0.39 is 0 Å². The van der Waals surface area contributed by atoms with Gasteiger partial charge < -0.3 is 4.57 Å². The molecule has 0 amide bonds. The van der Waals surface area contributed by atoms with E-state index in [0.717, 1.165) is 22.2 Å². The van der Waals surface area contributed by atoms with Gasteiger partial charge >= 0.3 is 0 Å². The number of carbonyl (C=O) groups excluding carboxylic acids is 1. The van der Waals surface area contributed by atoms with Crippen molar-refractivity contribution in [3.05, 3.63) is 70.9 Å². The average molecular weight is 277 g/mol. The first kappa shape index (κ1) is 13.6. The molecule has 3 rings (SSSR count). The van der Waals surface area contributed by atoms with E-state index in [9.17, 15) is 4.79 Å². The summed E-state index contributed by atoms with van der Waals surface area (Å²) in [5.74, 6) is 0.162. The van der Waals surface area contributed by atoms with Crippen molar-refractivity contribution in [2.75, 3.05) is 0 Å². The summed E-state index contributed by atoms with van der Waals surface area (Å²) in [7, 11) is 0. The minimum Gasteiger partial charge on any atom is -0.340 e. The zero-order chi connectivity index (χ0) is 15.0. The number of aryl methyl sites for hydroxylation is 3. The van der Waals surface area contributed by atoms with Crippen molar-refractivity contribution >= 4 is 16.7 Å². The van der Waals surface area contributed by atoms with Gasteiger partial charge in [-0.3, -0.25) is 4.79 Å². The Kier molecular flexibility index (Phi) is 3.38. The topological polar surface area (TPSA) is 22.0 Å². The van der Waals surface area contributed by atoms with Gasteiger partial charge in [0.15, 0.2) is 5.78 Å². The van der Waals surface area contributed by atoms with Crippen molar-refractivity contribution < 1.29 is 4.79 Å². The van der Waals surface area contributed by atoms with Crippen molar-refractivity contribution in [3.63, 3.8) is 0 Å². The Balaban J connectivity index is 1.97. The van der Waals surface area contributed by atoms with Crippen LogP contribution in [0.5, 0.6) is 0 Å². The SMILES string of the molecule is Cc1ccc(C)c(C(=O)Cn2ccc3c(C)cccc32)c1. The average Bonchev–Trinajstić information content (AvgIpc) is 2.86. The highest BCUT2D eigenvalue weighted by molar-refractivity contribution is 5.98. The predicted octanol–water partition coefficient (Wildman–Crippen LogP) is 4.45. The maximum Gasteiger partial charge on any atom is 0.182 e. The molecule has 2 aromatic carbocycles. The van der Waals surface area contributed by atoms with Crippen LogP contribution in [0.2, 0.25) is 0 Å². The summed E-state index contributed by atoms with van der Waals surface area (Å²) in [6.07, 6.45) is 2.00. The van der Waals surface area contributed by atoms with Gasteiger partial charge in [-0.2, -0.15) is 0 Å². The molecule has 1 heterocycles. The lowest BCUT2D eigenvalue weighted by Gasteiger charge is -2.09. The third-order valence-electron chi connectivity index (χ3n) is 4.04. The molecule has 0 bridgehead atoms. The first-order valence-electron chi connectivity index (χ1n) is 7.21. The Hall–Kier alpha value is -2.35. The molecule has 0 atom stereocenters. The lowest BCUT2D eigenvalue weighted by Crippen LogP contribution is -2.11. The maximum atomic E-state index is 12.6. The normalized spacial score (nSPS) is 11.0. The number of ketones is 1. The third kappa shape index (κ3) is 2.49. The number of fused-ring (bicyclic) bond motifs is 1. The number of Topliss-reactive ketones (excluding diaryl/α,β-unsaturated/α-hetero) is 1. The number of nitrogens with zero attached hydrogens (tertiary/aromatic N) is 1. The zero-order valence-corrected chi connectivity index (χ0v) is 12.7. The van der Waals surface area contributed by atoms with E-state index >= 15 is 0 Å². The van der Waals surface area contributed by atoms with Crippen molar-refractivity contribution in [3.8, 4) is 0 Å². The van der Waals surface area contributed by atoms with E-state index in [0.29, 0.717) is 6.54 Å². The van der Waals surface area contributed by atoms with E-state index in [1.54, 1.807) is 0 Å². The summed E-state index contributed by atoms with van der Waals surface area (Å²) < 4.78 is 2.03. The number of rotatable bonds is 3. The molecule has 0 fully saturated rings. The van der Waals surface area contributed by atoms with Gasteiger partial charge in [0.2, 0.25) is 0 Å². The van der Waals surface area contributed by atoms with E-state index in [2.05, 4.69) is 25.1 Å². The van der Waals surface area contributed by atoms with E-state index in [-0.39, 0.29) is 5.78 Å². The van der Waals surface area contributed by atoms with Crippen LogP contribution in [-0.4, -0.2) is 10.4 Å². The highest BCUT2D eigenvalue weighted by atomic mass is 16.1. The van der Waals surface area contributed by atoms with Crippen LogP contribution in [-0.2, 0) is 6.54 Å². The highest BCUT2D eigenvalue weighted by Gasteiger charge is 2.12.